The van der Waals surface area contributed by atoms with Gasteiger partial charge in [-0.2, -0.15) is 0 Å². The maximum absolute atomic E-state index is 2.36. The van der Waals surface area contributed by atoms with Crippen molar-refractivity contribution in [2.45, 2.75) is 4.08 Å². The van der Waals surface area contributed by atoms with Gasteiger partial charge in [0.25, 0.3) is 0 Å². The number of hydrogen-bond donors (Lipinski definition) is 0. The zero-order valence-corrected chi connectivity index (χ0v) is 12.3. The molecule has 1 fully saturated rings. The molecule has 2 heteroatoms. The molecule has 0 aromatic heterocycles. The summed E-state index contributed by atoms with van der Waals surface area (Å²) in [6, 6.07) is 21.4. The van der Waals surface area contributed by atoms with Crippen molar-refractivity contribution in [3.63, 3.8) is 0 Å². The van der Waals surface area contributed by atoms with Crippen LogP contribution >= 0.6 is 23.5 Å². The second-order valence-electron chi connectivity index (χ2n) is 4.47. The highest BCUT2D eigenvalue weighted by Crippen LogP contribution is 2.53. The van der Waals surface area contributed by atoms with E-state index in [2.05, 4.69) is 72.8 Å². The van der Waals surface area contributed by atoms with Crippen LogP contribution in [0.1, 0.15) is 11.1 Å². The largest absolute Gasteiger partial charge is 0.134 e. The molecule has 0 unspecified atom stereocenters. The third-order valence-electron chi connectivity index (χ3n) is 3.19. The minimum atomic E-state index is 0.0943. The van der Waals surface area contributed by atoms with Crippen LogP contribution in [0.25, 0.3) is 6.08 Å². The highest BCUT2D eigenvalue weighted by Gasteiger charge is 2.34. The number of rotatable bonds is 3. The van der Waals surface area contributed by atoms with E-state index in [1.54, 1.807) is 0 Å². The molecule has 1 heterocycles. The van der Waals surface area contributed by atoms with Gasteiger partial charge in [-0.05, 0) is 11.1 Å². The molecule has 1 saturated heterocycles. The van der Waals surface area contributed by atoms with Crippen LogP contribution in [0.15, 0.2) is 66.7 Å². The lowest BCUT2D eigenvalue weighted by molar-refractivity contribution is 1.16. The minimum Gasteiger partial charge on any atom is -0.134 e. The number of benzene rings is 2. The van der Waals surface area contributed by atoms with Crippen molar-refractivity contribution in [1.82, 2.24) is 0 Å². The van der Waals surface area contributed by atoms with Crippen LogP contribution < -0.4 is 0 Å². The normalized spacial score (nSPS) is 17.9. The fourth-order valence-corrected chi connectivity index (χ4v) is 5.27. The van der Waals surface area contributed by atoms with Crippen molar-refractivity contribution in [3.05, 3.63) is 77.9 Å². The van der Waals surface area contributed by atoms with Crippen molar-refractivity contribution >= 4 is 29.6 Å². The van der Waals surface area contributed by atoms with E-state index in [1.807, 2.05) is 23.5 Å². The van der Waals surface area contributed by atoms with Gasteiger partial charge in [0, 0.05) is 11.5 Å². The third kappa shape index (κ3) is 2.90. The maximum atomic E-state index is 2.36. The van der Waals surface area contributed by atoms with Gasteiger partial charge in [-0.1, -0.05) is 72.8 Å². The standard InChI is InChI=1S/C17H16S2/c1-3-7-15(8-4-1)11-12-17(18-13-14-19-17)16-9-5-2-6-10-16/h1-12H,13-14H2. The van der Waals surface area contributed by atoms with Gasteiger partial charge in [0.05, 0.1) is 0 Å². The summed E-state index contributed by atoms with van der Waals surface area (Å²) in [7, 11) is 0. The molecule has 96 valence electrons. The summed E-state index contributed by atoms with van der Waals surface area (Å²) in [5.41, 5.74) is 2.67. The lowest BCUT2D eigenvalue weighted by Gasteiger charge is -2.24. The molecule has 19 heavy (non-hydrogen) atoms. The van der Waals surface area contributed by atoms with Gasteiger partial charge in [-0.3, -0.25) is 0 Å². The van der Waals surface area contributed by atoms with Crippen LogP contribution in [0.2, 0.25) is 0 Å². The Labute approximate surface area is 123 Å². The topological polar surface area (TPSA) is 0 Å². The van der Waals surface area contributed by atoms with E-state index in [9.17, 15) is 0 Å². The molecule has 0 spiro atoms. The first-order valence-corrected chi connectivity index (χ1v) is 8.44. The average molecular weight is 284 g/mol. The Morgan fingerprint density at radius 3 is 2.00 bits per heavy atom. The summed E-state index contributed by atoms with van der Waals surface area (Å²) in [4.78, 5) is 0. The third-order valence-corrected chi connectivity index (χ3v) is 6.57. The van der Waals surface area contributed by atoms with Crippen molar-refractivity contribution in [2.75, 3.05) is 11.5 Å². The van der Waals surface area contributed by atoms with Gasteiger partial charge in [0.2, 0.25) is 0 Å². The Bertz CT molecular complexity index is 540. The Morgan fingerprint density at radius 1 is 0.789 bits per heavy atom. The van der Waals surface area contributed by atoms with Crippen LogP contribution in [0.3, 0.4) is 0 Å². The molecule has 0 atom stereocenters. The van der Waals surface area contributed by atoms with Crippen molar-refractivity contribution in [2.24, 2.45) is 0 Å². The Balaban J connectivity index is 1.92. The molecule has 0 amide bonds. The summed E-state index contributed by atoms with van der Waals surface area (Å²) in [5.74, 6) is 2.44. The van der Waals surface area contributed by atoms with E-state index in [0.717, 1.165) is 0 Å². The zero-order chi connectivity index (χ0) is 13.0. The lowest BCUT2D eigenvalue weighted by Crippen LogP contribution is -2.10. The van der Waals surface area contributed by atoms with Crippen molar-refractivity contribution in [3.8, 4) is 0 Å². The van der Waals surface area contributed by atoms with Crippen molar-refractivity contribution in [1.29, 1.82) is 0 Å². The average Bonchev–Trinajstić information content (AvgIpc) is 2.97. The van der Waals surface area contributed by atoms with Crippen LogP contribution in [0.5, 0.6) is 0 Å². The molecule has 0 aliphatic carbocycles. The minimum absolute atomic E-state index is 0.0943. The molecule has 0 nitrogen and oxygen atoms in total. The summed E-state index contributed by atoms with van der Waals surface area (Å²) in [6.07, 6.45) is 4.61. The molecular weight excluding hydrogens is 268 g/mol. The van der Waals surface area contributed by atoms with Gasteiger partial charge in [0.15, 0.2) is 0 Å². The summed E-state index contributed by atoms with van der Waals surface area (Å²) >= 11 is 4.08. The van der Waals surface area contributed by atoms with Gasteiger partial charge >= 0.3 is 0 Å². The molecular formula is C17H16S2. The van der Waals surface area contributed by atoms with E-state index in [4.69, 9.17) is 0 Å². The van der Waals surface area contributed by atoms with Crippen LogP contribution in [0, 0.1) is 0 Å². The lowest BCUT2D eigenvalue weighted by atomic mass is 10.1. The highest BCUT2D eigenvalue weighted by molar-refractivity contribution is 8.20. The Hall–Kier alpha value is -1.12. The predicted molar refractivity (Wildman–Crippen MR) is 88.5 cm³/mol. The zero-order valence-electron chi connectivity index (χ0n) is 10.7. The van der Waals surface area contributed by atoms with E-state index in [-0.39, 0.29) is 4.08 Å². The maximum Gasteiger partial charge on any atom is 0.105 e. The van der Waals surface area contributed by atoms with Crippen LogP contribution in [0.4, 0.5) is 0 Å². The Kier molecular flexibility index (Phi) is 4.00. The second-order valence-corrected chi connectivity index (χ2v) is 7.41. The van der Waals surface area contributed by atoms with E-state index < -0.39 is 0 Å². The fraction of sp³-hybridized carbons (Fsp3) is 0.176. The van der Waals surface area contributed by atoms with E-state index in [1.165, 1.54) is 22.6 Å². The highest BCUT2D eigenvalue weighted by atomic mass is 32.2. The molecule has 0 saturated carbocycles. The number of hydrogen-bond acceptors (Lipinski definition) is 2. The van der Waals surface area contributed by atoms with Gasteiger partial charge in [-0.25, -0.2) is 0 Å². The molecule has 3 rings (SSSR count). The van der Waals surface area contributed by atoms with Crippen LogP contribution in [-0.2, 0) is 4.08 Å². The SMILES string of the molecule is C(=CC1(c2ccccc2)SCCS1)c1ccccc1. The van der Waals surface area contributed by atoms with E-state index >= 15 is 0 Å². The smallest absolute Gasteiger partial charge is 0.105 e. The predicted octanol–water partition coefficient (Wildman–Crippen LogP) is 5.03. The molecule has 0 N–H and O–H groups in total. The molecule has 0 bridgehead atoms. The quantitative estimate of drug-likeness (QED) is 0.775. The molecule has 2 aromatic carbocycles. The first kappa shape index (κ1) is 12.9. The first-order valence-electron chi connectivity index (χ1n) is 6.47. The Morgan fingerprint density at radius 2 is 1.37 bits per heavy atom. The van der Waals surface area contributed by atoms with Crippen molar-refractivity contribution < 1.29 is 0 Å². The fourth-order valence-electron chi connectivity index (χ4n) is 2.23. The van der Waals surface area contributed by atoms with Crippen LogP contribution in [-0.4, -0.2) is 11.5 Å². The number of thioether (sulfide) groups is 2. The molecule has 2 aromatic rings. The molecule has 1 aliphatic rings. The summed E-state index contributed by atoms with van der Waals surface area (Å²) in [6.45, 7) is 0. The molecule has 1 aliphatic heterocycles. The summed E-state index contributed by atoms with van der Waals surface area (Å²) in [5, 5.41) is 0. The van der Waals surface area contributed by atoms with E-state index in [0.29, 0.717) is 0 Å². The summed E-state index contributed by atoms with van der Waals surface area (Å²) < 4.78 is 0.0943. The first-order chi connectivity index (χ1) is 9.39. The van der Waals surface area contributed by atoms with Gasteiger partial charge in [-0.15, -0.1) is 23.5 Å². The van der Waals surface area contributed by atoms with Gasteiger partial charge in [0.1, 0.15) is 4.08 Å². The second kappa shape index (κ2) is 5.89. The molecule has 0 radical (unpaired) electrons. The monoisotopic (exact) mass is 284 g/mol. The van der Waals surface area contributed by atoms with Gasteiger partial charge < -0.3 is 0 Å².